The predicted octanol–water partition coefficient (Wildman–Crippen LogP) is 2.36. The van der Waals surface area contributed by atoms with Gasteiger partial charge < -0.3 is 10.0 Å². The molecule has 1 saturated heterocycles. The molecular weight excluding hydrogens is 264 g/mol. The van der Waals surface area contributed by atoms with Gasteiger partial charge in [0.05, 0.1) is 5.56 Å². The molecule has 0 spiro atoms. The molecule has 1 aromatic rings. The largest absolute Gasteiger partial charge is 0.396 e. The third-order valence-electron chi connectivity index (χ3n) is 4.19. The molecule has 104 valence electrons. The van der Waals surface area contributed by atoms with E-state index in [4.69, 9.17) is 11.6 Å². The van der Waals surface area contributed by atoms with Crippen molar-refractivity contribution in [2.75, 3.05) is 19.7 Å². The highest BCUT2D eigenvalue weighted by molar-refractivity contribution is 6.32. The number of nitrogens with zero attached hydrogens (tertiary/aromatic N) is 2. The monoisotopic (exact) mass is 282 g/mol. The van der Waals surface area contributed by atoms with Crippen LogP contribution in [0.5, 0.6) is 0 Å². The van der Waals surface area contributed by atoms with Gasteiger partial charge in [-0.05, 0) is 36.8 Å². The number of rotatable bonds is 3. The molecule has 1 amide bonds. The Balaban J connectivity index is 2.06. The van der Waals surface area contributed by atoms with Crippen molar-refractivity contribution in [1.82, 2.24) is 9.88 Å². The molecule has 0 aromatic carbocycles. The lowest BCUT2D eigenvalue weighted by Crippen LogP contribution is -2.44. The first-order chi connectivity index (χ1) is 9.12. The molecule has 1 aromatic heterocycles. The Morgan fingerprint density at radius 3 is 2.74 bits per heavy atom. The fourth-order valence-corrected chi connectivity index (χ4v) is 2.72. The van der Waals surface area contributed by atoms with Gasteiger partial charge >= 0.3 is 0 Å². The van der Waals surface area contributed by atoms with Crippen LogP contribution >= 0.6 is 11.6 Å². The van der Waals surface area contributed by atoms with Crippen LogP contribution < -0.4 is 0 Å². The molecule has 0 aliphatic carbocycles. The van der Waals surface area contributed by atoms with Gasteiger partial charge in [0.15, 0.2) is 0 Å². The lowest BCUT2D eigenvalue weighted by Gasteiger charge is -2.40. The van der Waals surface area contributed by atoms with Crippen LogP contribution in [0.1, 0.15) is 36.5 Å². The number of pyridine rings is 1. The third-order valence-corrected chi connectivity index (χ3v) is 4.49. The SMILES string of the molecule is CCC1(CO)CCN(C(=O)c2cccnc2Cl)CC1. The molecule has 0 unspecified atom stereocenters. The summed E-state index contributed by atoms with van der Waals surface area (Å²) >= 11 is 5.95. The summed E-state index contributed by atoms with van der Waals surface area (Å²) in [4.78, 5) is 18.1. The van der Waals surface area contributed by atoms with Gasteiger partial charge in [0.2, 0.25) is 0 Å². The summed E-state index contributed by atoms with van der Waals surface area (Å²) < 4.78 is 0. The second-order valence-corrected chi connectivity index (χ2v) is 5.50. The van der Waals surface area contributed by atoms with E-state index < -0.39 is 0 Å². The molecule has 5 heteroatoms. The van der Waals surface area contributed by atoms with Gasteiger partial charge in [-0.3, -0.25) is 4.79 Å². The summed E-state index contributed by atoms with van der Waals surface area (Å²) in [6.07, 6.45) is 4.19. The van der Waals surface area contributed by atoms with E-state index in [-0.39, 0.29) is 23.1 Å². The van der Waals surface area contributed by atoms with Gasteiger partial charge in [0, 0.05) is 25.9 Å². The fourth-order valence-electron chi connectivity index (χ4n) is 2.52. The summed E-state index contributed by atoms with van der Waals surface area (Å²) in [6, 6.07) is 3.42. The summed E-state index contributed by atoms with van der Waals surface area (Å²) in [6.45, 7) is 3.61. The molecule has 1 N–H and O–H groups in total. The number of carbonyl (C=O) groups is 1. The Morgan fingerprint density at radius 2 is 2.21 bits per heavy atom. The van der Waals surface area contributed by atoms with Crippen LogP contribution in [-0.4, -0.2) is 40.6 Å². The molecule has 2 heterocycles. The van der Waals surface area contributed by atoms with Crippen LogP contribution in [0.3, 0.4) is 0 Å². The highest BCUT2D eigenvalue weighted by Crippen LogP contribution is 2.34. The average Bonchev–Trinajstić information content (AvgIpc) is 2.47. The van der Waals surface area contributed by atoms with E-state index in [1.165, 1.54) is 0 Å². The summed E-state index contributed by atoms with van der Waals surface area (Å²) in [5.74, 6) is -0.0688. The van der Waals surface area contributed by atoms with Crippen molar-refractivity contribution in [3.63, 3.8) is 0 Å². The minimum atomic E-state index is -0.0688. The van der Waals surface area contributed by atoms with Crippen LogP contribution in [0.4, 0.5) is 0 Å². The molecule has 0 radical (unpaired) electrons. The maximum Gasteiger partial charge on any atom is 0.256 e. The molecule has 1 aliphatic heterocycles. The molecule has 0 saturated carbocycles. The Bertz CT molecular complexity index is 451. The molecular formula is C14H19ClN2O2. The van der Waals surface area contributed by atoms with Crippen LogP contribution in [0.15, 0.2) is 18.3 Å². The van der Waals surface area contributed by atoms with Crippen molar-refractivity contribution in [2.45, 2.75) is 26.2 Å². The predicted molar refractivity (Wildman–Crippen MR) is 74.2 cm³/mol. The smallest absolute Gasteiger partial charge is 0.256 e. The van der Waals surface area contributed by atoms with E-state index in [2.05, 4.69) is 11.9 Å². The maximum absolute atomic E-state index is 12.3. The highest BCUT2D eigenvalue weighted by Gasteiger charge is 2.34. The zero-order chi connectivity index (χ0) is 13.9. The first-order valence-electron chi connectivity index (χ1n) is 6.62. The number of aliphatic hydroxyl groups excluding tert-OH is 1. The number of halogens is 1. The van der Waals surface area contributed by atoms with Gasteiger partial charge in [0.25, 0.3) is 5.91 Å². The maximum atomic E-state index is 12.3. The van der Waals surface area contributed by atoms with E-state index in [0.717, 1.165) is 19.3 Å². The molecule has 0 bridgehead atoms. The first-order valence-corrected chi connectivity index (χ1v) is 7.00. The van der Waals surface area contributed by atoms with Gasteiger partial charge in [-0.25, -0.2) is 4.98 Å². The van der Waals surface area contributed by atoms with Crippen LogP contribution in [0.25, 0.3) is 0 Å². The van der Waals surface area contributed by atoms with Crippen molar-refractivity contribution in [2.24, 2.45) is 5.41 Å². The van der Waals surface area contributed by atoms with E-state index >= 15 is 0 Å². The van der Waals surface area contributed by atoms with E-state index in [1.807, 2.05) is 0 Å². The third kappa shape index (κ3) is 2.90. The second-order valence-electron chi connectivity index (χ2n) is 5.15. The molecule has 4 nitrogen and oxygen atoms in total. The molecule has 1 fully saturated rings. The number of hydrogen-bond donors (Lipinski definition) is 1. The zero-order valence-electron chi connectivity index (χ0n) is 11.1. The highest BCUT2D eigenvalue weighted by atomic mass is 35.5. The topological polar surface area (TPSA) is 53.4 Å². The Kier molecular flexibility index (Phi) is 4.42. The zero-order valence-corrected chi connectivity index (χ0v) is 11.9. The minimum Gasteiger partial charge on any atom is -0.396 e. The van der Waals surface area contributed by atoms with Crippen LogP contribution in [0, 0.1) is 5.41 Å². The number of aliphatic hydroxyl groups is 1. The normalized spacial score (nSPS) is 18.4. The van der Waals surface area contributed by atoms with E-state index in [9.17, 15) is 9.90 Å². The Morgan fingerprint density at radius 1 is 1.53 bits per heavy atom. The number of carbonyl (C=O) groups excluding carboxylic acids is 1. The van der Waals surface area contributed by atoms with Gasteiger partial charge in [-0.15, -0.1) is 0 Å². The van der Waals surface area contributed by atoms with E-state index in [1.54, 1.807) is 23.2 Å². The van der Waals surface area contributed by atoms with Gasteiger partial charge in [-0.2, -0.15) is 0 Å². The van der Waals surface area contributed by atoms with Crippen LogP contribution in [0.2, 0.25) is 5.15 Å². The van der Waals surface area contributed by atoms with Crippen molar-refractivity contribution < 1.29 is 9.90 Å². The lowest BCUT2D eigenvalue weighted by molar-refractivity contribution is 0.0338. The summed E-state index contributed by atoms with van der Waals surface area (Å²) in [5.41, 5.74) is 0.437. The van der Waals surface area contributed by atoms with Crippen LogP contribution in [-0.2, 0) is 0 Å². The number of likely N-dealkylation sites (tertiary alicyclic amines) is 1. The second kappa shape index (κ2) is 5.88. The summed E-state index contributed by atoms with van der Waals surface area (Å²) in [7, 11) is 0. The standard InChI is InChI=1S/C14H19ClN2O2/c1-2-14(10-18)5-8-17(9-6-14)13(19)11-4-3-7-16-12(11)15/h3-4,7,18H,2,5-6,8-10H2,1H3. The molecule has 19 heavy (non-hydrogen) atoms. The van der Waals surface area contributed by atoms with Crippen molar-refractivity contribution in [3.8, 4) is 0 Å². The lowest BCUT2D eigenvalue weighted by atomic mass is 9.77. The number of piperidine rings is 1. The first kappa shape index (κ1) is 14.3. The summed E-state index contributed by atoms with van der Waals surface area (Å²) in [5, 5.41) is 9.74. The number of amides is 1. The van der Waals surface area contributed by atoms with Crippen molar-refractivity contribution in [1.29, 1.82) is 0 Å². The quantitative estimate of drug-likeness (QED) is 0.866. The van der Waals surface area contributed by atoms with E-state index in [0.29, 0.717) is 18.7 Å². The Hall–Kier alpha value is -1.13. The Labute approximate surface area is 118 Å². The van der Waals surface area contributed by atoms with Gasteiger partial charge in [-0.1, -0.05) is 18.5 Å². The molecule has 0 atom stereocenters. The number of hydrogen-bond acceptors (Lipinski definition) is 3. The van der Waals surface area contributed by atoms with Crippen molar-refractivity contribution in [3.05, 3.63) is 29.0 Å². The fraction of sp³-hybridized carbons (Fsp3) is 0.571. The molecule has 1 aliphatic rings. The molecule has 2 rings (SSSR count). The van der Waals surface area contributed by atoms with Crippen molar-refractivity contribution >= 4 is 17.5 Å². The number of aromatic nitrogens is 1. The van der Waals surface area contributed by atoms with Gasteiger partial charge in [0.1, 0.15) is 5.15 Å². The minimum absolute atomic E-state index is 0.0183. The average molecular weight is 283 g/mol.